The summed E-state index contributed by atoms with van der Waals surface area (Å²) in [5.41, 5.74) is 4.59. The molecule has 3 amide bonds. The van der Waals surface area contributed by atoms with Gasteiger partial charge < -0.3 is 41.4 Å². The molecule has 16 heteroatoms. The number of rotatable bonds is 15. The molecule has 0 aromatic heterocycles. The number of carbonyl (C=O) groups is 4. The van der Waals surface area contributed by atoms with Crippen molar-refractivity contribution in [3.05, 3.63) is 59.2 Å². The van der Waals surface area contributed by atoms with Crippen molar-refractivity contribution in [3.8, 4) is 0 Å². The Kier molecular flexibility index (Phi) is 12.9. The molecule has 0 aliphatic rings. The molecule has 0 bridgehead atoms. The zero-order valence-corrected chi connectivity index (χ0v) is 22.2. The van der Waals surface area contributed by atoms with Crippen LogP contribution in [0.4, 0.5) is 8.78 Å². The van der Waals surface area contributed by atoms with Crippen LogP contribution in [0.5, 0.6) is 0 Å². The van der Waals surface area contributed by atoms with Gasteiger partial charge in [-0.3, -0.25) is 19.2 Å². The van der Waals surface area contributed by atoms with Crippen LogP contribution in [0.2, 0.25) is 0 Å². The Bertz CT molecular complexity index is 1250. The van der Waals surface area contributed by atoms with Crippen molar-refractivity contribution in [2.24, 2.45) is 5.73 Å². The Labute approximate surface area is 236 Å². The van der Waals surface area contributed by atoms with Crippen LogP contribution in [0.25, 0.3) is 0 Å². The smallest absolute Gasteiger partial charge is 0.480 e. The molecule has 0 heterocycles. The van der Waals surface area contributed by atoms with Gasteiger partial charge in [0.2, 0.25) is 5.91 Å². The minimum absolute atomic E-state index is 0.140. The van der Waals surface area contributed by atoms with E-state index in [-0.39, 0.29) is 36.0 Å². The van der Waals surface area contributed by atoms with Gasteiger partial charge in [-0.05, 0) is 55.9 Å². The van der Waals surface area contributed by atoms with Crippen molar-refractivity contribution in [2.45, 2.75) is 38.3 Å². The fourth-order valence-electron chi connectivity index (χ4n) is 3.74. The van der Waals surface area contributed by atoms with Gasteiger partial charge in [0.15, 0.2) is 0 Å². The Morgan fingerprint density at radius 1 is 1.02 bits per heavy atom. The SMILES string of the molecule is C[C@@H](CNC(=O)c1ccc([B]O)cc1F)N(CC(=O)NCCCC[C@H](N)C(=O)O)C(=O)c1ccc(B(O)O)cc1F. The molecule has 2 aromatic rings. The first kappa shape index (κ1) is 33.4. The summed E-state index contributed by atoms with van der Waals surface area (Å²) >= 11 is 0. The summed E-state index contributed by atoms with van der Waals surface area (Å²) in [6.07, 6.45) is 1.02. The summed E-state index contributed by atoms with van der Waals surface area (Å²) in [6.45, 7) is 0.815. The van der Waals surface area contributed by atoms with E-state index in [0.29, 0.717) is 20.3 Å². The molecular weight excluding hydrogens is 544 g/mol. The molecule has 1 radical (unpaired) electrons. The van der Waals surface area contributed by atoms with Gasteiger partial charge in [-0.25, -0.2) is 8.78 Å². The molecule has 0 unspecified atom stereocenters. The van der Waals surface area contributed by atoms with Crippen LogP contribution < -0.4 is 27.3 Å². The van der Waals surface area contributed by atoms with Crippen LogP contribution in [0.1, 0.15) is 46.9 Å². The first-order chi connectivity index (χ1) is 19.3. The fraction of sp³-hybridized carbons (Fsp3) is 0.360. The normalized spacial score (nSPS) is 12.2. The van der Waals surface area contributed by atoms with Crippen LogP contribution >= 0.6 is 0 Å². The fourth-order valence-corrected chi connectivity index (χ4v) is 3.74. The van der Waals surface area contributed by atoms with Crippen LogP contribution in [-0.2, 0) is 9.59 Å². The predicted octanol–water partition coefficient (Wildman–Crippen LogP) is -2.16. The van der Waals surface area contributed by atoms with E-state index < -0.39 is 66.6 Å². The number of amides is 3. The lowest BCUT2D eigenvalue weighted by Crippen LogP contribution is -2.50. The van der Waals surface area contributed by atoms with E-state index in [1.54, 1.807) is 0 Å². The zero-order valence-electron chi connectivity index (χ0n) is 22.2. The Balaban J connectivity index is 2.13. The van der Waals surface area contributed by atoms with Gasteiger partial charge in [-0.1, -0.05) is 17.6 Å². The van der Waals surface area contributed by atoms with Crippen LogP contribution in [-0.4, -0.2) is 95.1 Å². The lowest BCUT2D eigenvalue weighted by atomic mass is 9.80. The minimum atomic E-state index is -1.97. The topological polar surface area (TPSA) is 203 Å². The number of nitrogens with two attached hydrogens (primary N) is 1. The standard InChI is InChI=1S/C25H31B2F2N4O8/c1-14(12-32-23(35)17-7-5-15(26-39)10-19(17)28)33(13-22(34)31-9-3-2-4-21(30)25(37)38)24(36)18-8-6-16(27(40)41)11-20(18)29/h5-8,10-11,14,21,39-41H,2-4,9,12-13,30H2,1H3,(H,31,34)(H,32,35)(H,37,38)/t14-,21-/m0/s1. The van der Waals surface area contributed by atoms with E-state index >= 15 is 0 Å². The quantitative estimate of drug-likeness (QED) is 0.0913. The first-order valence-corrected chi connectivity index (χ1v) is 12.6. The summed E-state index contributed by atoms with van der Waals surface area (Å²) < 4.78 is 29.0. The highest BCUT2D eigenvalue weighted by molar-refractivity contribution is 6.58. The molecule has 2 atom stereocenters. The highest BCUT2D eigenvalue weighted by Crippen LogP contribution is 2.13. The Morgan fingerprint density at radius 2 is 1.68 bits per heavy atom. The van der Waals surface area contributed by atoms with Gasteiger partial charge in [0.1, 0.15) is 24.2 Å². The largest absolute Gasteiger partial charge is 0.488 e. The summed E-state index contributed by atoms with van der Waals surface area (Å²) in [5.74, 6) is -5.49. The molecule has 2 aromatic carbocycles. The average molecular weight is 575 g/mol. The second-order valence-electron chi connectivity index (χ2n) is 9.26. The average Bonchev–Trinajstić information content (AvgIpc) is 2.93. The van der Waals surface area contributed by atoms with Crippen LogP contribution in [0.3, 0.4) is 0 Å². The van der Waals surface area contributed by atoms with Crippen molar-refractivity contribution in [2.75, 3.05) is 19.6 Å². The maximum absolute atomic E-state index is 14.7. The van der Waals surface area contributed by atoms with Gasteiger partial charge in [-0.15, -0.1) is 0 Å². The number of aliphatic carboxylic acids is 1. The van der Waals surface area contributed by atoms with E-state index in [9.17, 15) is 38.0 Å². The number of hydrogen-bond acceptors (Lipinski definition) is 8. The maximum Gasteiger partial charge on any atom is 0.488 e. The molecule has 0 saturated carbocycles. The molecular formula is C25H31B2F2N4O8. The van der Waals surface area contributed by atoms with Crippen molar-refractivity contribution < 1.29 is 48.1 Å². The number of nitrogens with zero attached hydrogens (tertiary/aromatic N) is 1. The third-order valence-corrected chi connectivity index (χ3v) is 6.15. The minimum Gasteiger partial charge on any atom is -0.480 e. The molecule has 219 valence electrons. The van der Waals surface area contributed by atoms with E-state index in [1.165, 1.54) is 13.0 Å². The van der Waals surface area contributed by atoms with E-state index in [1.807, 2.05) is 0 Å². The molecule has 2 rings (SSSR count). The number of carbonyl (C=O) groups excluding carboxylic acids is 3. The van der Waals surface area contributed by atoms with Gasteiger partial charge in [0.05, 0.1) is 11.1 Å². The van der Waals surface area contributed by atoms with Crippen molar-refractivity contribution in [1.29, 1.82) is 0 Å². The second kappa shape index (κ2) is 15.8. The number of benzene rings is 2. The summed E-state index contributed by atoms with van der Waals surface area (Å²) in [5, 5.41) is 41.4. The number of unbranched alkanes of at least 4 members (excludes halogenated alkanes) is 1. The number of carboxylic acid groups (broad SMARTS) is 1. The summed E-state index contributed by atoms with van der Waals surface area (Å²) in [7, 11) is -1.31. The number of hydrogen-bond donors (Lipinski definition) is 7. The second-order valence-corrected chi connectivity index (χ2v) is 9.26. The van der Waals surface area contributed by atoms with Gasteiger partial charge in [-0.2, -0.15) is 0 Å². The molecule has 0 aliphatic heterocycles. The monoisotopic (exact) mass is 575 g/mol. The van der Waals surface area contributed by atoms with Crippen LogP contribution in [0, 0.1) is 11.6 Å². The molecule has 8 N–H and O–H groups in total. The third-order valence-electron chi connectivity index (χ3n) is 6.15. The van der Waals surface area contributed by atoms with Crippen molar-refractivity contribution in [3.63, 3.8) is 0 Å². The molecule has 0 spiro atoms. The van der Waals surface area contributed by atoms with E-state index in [2.05, 4.69) is 10.6 Å². The van der Waals surface area contributed by atoms with Gasteiger partial charge in [0.25, 0.3) is 11.8 Å². The molecule has 0 aliphatic carbocycles. The molecule has 0 saturated heterocycles. The lowest BCUT2D eigenvalue weighted by molar-refractivity contribution is -0.138. The number of halogens is 2. The van der Waals surface area contributed by atoms with Gasteiger partial charge >= 0.3 is 20.6 Å². The van der Waals surface area contributed by atoms with E-state index in [4.69, 9.17) is 15.9 Å². The summed E-state index contributed by atoms with van der Waals surface area (Å²) in [4.78, 5) is 50.3. The lowest BCUT2D eigenvalue weighted by Gasteiger charge is -2.29. The number of nitrogens with one attached hydrogen (secondary N) is 2. The first-order valence-electron chi connectivity index (χ1n) is 12.6. The predicted molar refractivity (Wildman–Crippen MR) is 146 cm³/mol. The Hall–Kier alpha value is -3.85. The Morgan fingerprint density at radius 3 is 2.27 bits per heavy atom. The van der Waals surface area contributed by atoms with E-state index in [0.717, 1.165) is 35.2 Å². The highest BCUT2D eigenvalue weighted by atomic mass is 19.1. The summed E-state index contributed by atoms with van der Waals surface area (Å²) in [6, 6.07) is 4.41. The van der Waals surface area contributed by atoms with Crippen molar-refractivity contribution >= 4 is 49.2 Å². The zero-order chi connectivity index (χ0) is 30.7. The number of carboxylic acids is 1. The molecule has 12 nitrogen and oxygen atoms in total. The van der Waals surface area contributed by atoms with Crippen molar-refractivity contribution in [1.82, 2.24) is 15.5 Å². The van der Waals surface area contributed by atoms with Gasteiger partial charge in [0, 0.05) is 19.1 Å². The third kappa shape index (κ3) is 9.93. The molecule has 41 heavy (non-hydrogen) atoms. The maximum atomic E-state index is 14.7. The highest BCUT2D eigenvalue weighted by Gasteiger charge is 2.28. The molecule has 0 fully saturated rings. The van der Waals surface area contributed by atoms with Crippen LogP contribution in [0.15, 0.2) is 36.4 Å².